The van der Waals surface area contributed by atoms with Crippen molar-refractivity contribution in [3.63, 3.8) is 0 Å². The Bertz CT molecular complexity index is 498. The van der Waals surface area contributed by atoms with Gasteiger partial charge in [-0.25, -0.2) is 17.2 Å². The maximum Gasteiger partial charge on any atom is 0.235 e. The molecule has 0 heterocycles. The second kappa shape index (κ2) is 4.37. The summed E-state index contributed by atoms with van der Waals surface area (Å²) < 4.78 is 51.4. The molecule has 90 valence electrons. The fraction of sp³-hybridized carbons (Fsp3) is 0.400. The number of rotatable bonds is 3. The molecule has 0 fully saturated rings. The second-order valence-electron chi connectivity index (χ2n) is 3.78. The first kappa shape index (κ1) is 12.9. The lowest BCUT2D eigenvalue weighted by atomic mass is 10.2. The van der Waals surface area contributed by atoms with Crippen molar-refractivity contribution in [1.82, 2.24) is 0 Å². The van der Waals surface area contributed by atoms with E-state index >= 15 is 0 Å². The topological polar surface area (TPSA) is 46.2 Å². The smallest absolute Gasteiger partial charge is 0.235 e. The number of hydrogen-bond acceptors (Lipinski definition) is 2. The summed E-state index contributed by atoms with van der Waals surface area (Å²) >= 11 is 0. The van der Waals surface area contributed by atoms with Gasteiger partial charge in [-0.05, 0) is 32.4 Å². The Morgan fingerprint density at radius 1 is 1.19 bits per heavy atom. The summed E-state index contributed by atoms with van der Waals surface area (Å²) in [5.74, 6) is -1.44. The van der Waals surface area contributed by atoms with E-state index in [4.69, 9.17) is 0 Å². The number of aryl methyl sites for hydroxylation is 1. The van der Waals surface area contributed by atoms with Crippen LogP contribution in [-0.4, -0.2) is 13.7 Å². The van der Waals surface area contributed by atoms with Gasteiger partial charge in [-0.15, -0.1) is 0 Å². The maximum absolute atomic E-state index is 13.3. The molecule has 0 aliphatic heterocycles. The van der Waals surface area contributed by atoms with Gasteiger partial charge in [-0.2, -0.15) is 0 Å². The number of sulfonamides is 1. The van der Waals surface area contributed by atoms with Gasteiger partial charge in [0.1, 0.15) is 11.6 Å². The van der Waals surface area contributed by atoms with Crippen LogP contribution in [0, 0.1) is 18.6 Å². The summed E-state index contributed by atoms with van der Waals surface area (Å²) in [7, 11) is -3.66. The predicted octanol–water partition coefficient (Wildman–Crippen LogP) is 2.42. The van der Waals surface area contributed by atoms with Crippen LogP contribution >= 0.6 is 0 Å². The molecule has 1 N–H and O–H groups in total. The molecule has 0 saturated heterocycles. The first-order valence-corrected chi connectivity index (χ1v) is 6.26. The van der Waals surface area contributed by atoms with E-state index in [2.05, 4.69) is 0 Å². The van der Waals surface area contributed by atoms with Crippen molar-refractivity contribution in [3.8, 4) is 0 Å². The zero-order chi connectivity index (χ0) is 12.5. The molecule has 0 aliphatic carbocycles. The van der Waals surface area contributed by atoms with E-state index in [0.717, 1.165) is 12.1 Å². The third kappa shape index (κ3) is 2.69. The maximum atomic E-state index is 13.3. The van der Waals surface area contributed by atoms with Crippen molar-refractivity contribution in [2.24, 2.45) is 0 Å². The van der Waals surface area contributed by atoms with Crippen molar-refractivity contribution < 1.29 is 17.2 Å². The minimum atomic E-state index is -3.66. The molecule has 0 spiro atoms. The van der Waals surface area contributed by atoms with Gasteiger partial charge in [0.15, 0.2) is 0 Å². The van der Waals surface area contributed by atoms with Crippen LogP contribution in [0.15, 0.2) is 12.1 Å². The van der Waals surface area contributed by atoms with Crippen molar-refractivity contribution in [1.29, 1.82) is 0 Å². The fourth-order valence-electron chi connectivity index (χ4n) is 0.996. The van der Waals surface area contributed by atoms with Gasteiger partial charge in [0.05, 0.1) is 10.9 Å². The lowest BCUT2D eigenvalue weighted by molar-refractivity contribution is 0.586. The minimum absolute atomic E-state index is 0.130. The molecule has 0 atom stereocenters. The fourth-order valence-corrected chi connectivity index (χ4v) is 1.69. The molecule has 0 amide bonds. The van der Waals surface area contributed by atoms with Gasteiger partial charge in [0.25, 0.3) is 0 Å². The Labute approximate surface area is 93.5 Å². The SMILES string of the molecule is Cc1cc(F)c(NS(=O)(=O)C(C)C)cc1F. The molecule has 0 aliphatic rings. The lowest BCUT2D eigenvalue weighted by Crippen LogP contribution is -2.23. The molecule has 6 heteroatoms. The van der Waals surface area contributed by atoms with Crippen molar-refractivity contribution in [2.75, 3.05) is 4.72 Å². The molecule has 1 aromatic carbocycles. The molecule has 0 bridgehead atoms. The molecule has 0 saturated carbocycles. The van der Waals surface area contributed by atoms with E-state index in [1.807, 2.05) is 4.72 Å². The molecule has 0 unspecified atom stereocenters. The summed E-state index contributed by atoms with van der Waals surface area (Å²) in [4.78, 5) is 0. The highest BCUT2D eigenvalue weighted by atomic mass is 32.2. The summed E-state index contributed by atoms with van der Waals surface area (Å²) in [5, 5.41) is -0.712. The number of anilines is 1. The van der Waals surface area contributed by atoms with E-state index in [1.54, 1.807) is 0 Å². The highest BCUT2D eigenvalue weighted by Gasteiger charge is 2.18. The Morgan fingerprint density at radius 3 is 2.25 bits per heavy atom. The average Bonchev–Trinajstić information content (AvgIpc) is 2.13. The Hall–Kier alpha value is -1.17. The van der Waals surface area contributed by atoms with Gasteiger partial charge in [0, 0.05) is 6.07 Å². The summed E-state index contributed by atoms with van der Waals surface area (Å²) in [6, 6.07) is 1.79. The van der Waals surface area contributed by atoms with E-state index in [0.29, 0.717) is 0 Å². The monoisotopic (exact) mass is 249 g/mol. The highest BCUT2D eigenvalue weighted by Crippen LogP contribution is 2.20. The molecule has 0 aromatic heterocycles. The number of hydrogen-bond donors (Lipinski definition) is 1. The average molecular weight is 249 g/mol. The molecule has 0 radical (unpaired) electrons. The van der Waals surface area contributed by atoms with Crippen LogP contribution in [0.4, 0.5) is 14.5 Å². The van der Waals surface area contributed by atoms with Crippen molar-refractivity contribution >= 4 is 15.7 Å². The van der Waals surface area contributed by atoms with Gasteiger partial charge in [-0.3, -0.25) is 4.72 Å². The number of nitrogens with one attached hydrogen (secondary N) is 1. The first-order valence-electron chi connectivity index (χ1n) is 4.71. The van der Waals surface area contributed by atoms with Gasteiger partial charge < -0.3 is 0 Å². The van der Waals surface area contributed by atoms with Gasteiger partial charge in [-0.1, -0.05) is 0 Å². The Morgan fingerprint density at radius 2 is 1.75 bits per heavy atom. The Balaban J connectivity index is 3.13. The largest absolute Gasteiger partial charge is 0.280 e. The summed E-state index contributed by atoms with van der Waals surface area (Å²) in [6.07, 6.45) is 0. The van der Waals surface area contributed by atoms with E-state index < -0.39 is 26.9 Å². The van der Waals surface area contributed by atoms with E-state index in [-0.39, 0.29) is 11.3 Å². The number of benzene rings is 1. The normalized spacial score (nSPS) is 11.9. The standard InChI is InChI=1S/C10H13F2NO2S/c1-6(2)16(14,15)13-10-5-8(11)7(3)4-9(10)12/h4-6,13H,1-3H3. The van der Waals surface area contributed by atoms with Crippen LogP contribution < -0.4 is 4.72 Å². The second-order valence-corrected chi connectivity index (χ2v) is 6.01. The van der Waals surface area contributed by atoms with Crippen LogP contribution in [0.2, 0.25) is 0 Å². The van der Waals surface area contributed by atoms with Crippen LogP contribution in [0.25, 0.3) is 0 Å². The quantitative estimate of drug-likeness (QED) is 0.894. The molecular formula is C10H13F2NO2S. The first-order chi connectivity index (χ1) is 7.24. The van der Waals surface area contributed by atoms with E-state index in [1.165, 1.54) is 20.8 Å². The third-order valence-electron chi connectivity index (χ3n) is 2.12. The summed E-state index contributed by atoms with van der Waals surface area (Å²) in [6.45, 7) is 4.30. The molecule has 1 rings (SSSR count). The van der Waals surface area contributed by atoms with Crippen molar-refractivity contribution in [3.05, 3.63) is 29.3 Å². The molecule has 3 nitrogen and oxygen atoms in total. The highest BCUT2D eigenvalue weighted by molar-refractivity contribution is 7.93. The van der Waals surface area contributed by atoms with Crippen LogP contribution in [0.1, 0.15) is 19.4 Å². The van der Waals surface area contributed by atoms with Crippen LogP contribution in [0.3, 0.4) is 0 Å². The molecular weight excluding hydrogens is 236 g/mol. The zero-order valence-electron chi connectivity index (χ0n) is 9.21. The Kier molecular flexibility index (Phi) is 3.52. The van der Waals surface area contributed by atoms with E-state index in [9.17, 15) is 17.2 Å². The van der Waals surface area contributed by atoms with Crippen LogP contribution in [-0.2, 0) is 10.0 Å². The molecule has 1 aromatic rings. The van der Waals surface area contributed by atoms with Gasteiger partial charge in [0.2, 0.25) is 10.0 Å². The predicted molar refractivity (Wildman–Crippen MR) is 58.8 cm³/mol. The van der Waals surface area contributed by atoms with Gasteiger partial charge >= 0.3 is 0 Å². The third-order valence-corrected chi connectivity index (χ3v) is 3.87. The number of halogens is 2. The van der Waals surface area contributed by atoms with Crippen LogP contribution in [0.5, 0.6) is 0 Å². The lowest BCUT2D eigenvalue weighted by Gasteiger charge is -2.12. The zero-order valence-corrected chi connectivity index (χ0v) is 10.0. The summed E-state index contributed by atoms with van der Waals surface area (Å²) in [5.41, 5.74) is -0.234. The minimum Gasteiger partial charge on any atom is -0.280 e. The molecule has 16 heavy (non-hydrogen) atoms. The van der Waals surface area contributed by atoms with Crippen molar-refractivity contribution in [2.45, 2.75) is 26.0 Å².